The van der Waals surface area contributed by atoms with Crippen molar-refractivity contribution < 1.29 is 0 Å². The van der Waals surface area contributed by atoms with Crippen molar-refractivity contribution in [2.75, 3.05) is 0 Å². The lowest BCUT2D eigenvalue weighted by molar-refractivity contribution is 1.29. The van der Waals surface area contributed by atoms with Crippen molar-refractivity contribution in [3.8, 4) is 67.7 Å². The Labute approximate surface area is 325 Å². The van der Waals surface area contributed by atoms with Crippen LogP contribution in [0.25, 0.3) is 77.7 Å². The summed E-state index contributed by atoms with van der Waals surface area (Å²) >= 11 is 6.12. The van der Waals surface area contributed by atoms with Gasteiger partial charge in [0.1, 0.15) is 35.4 Å². The van der Waals surface area contributed by atoms with Crippen molar-refractivity contribution in [3.05, 3.63) is 149 Å². The molecule has 5 heterocycles. The molecule has 0 aliphatic carbocycles. The Balaban J connectivity index is 1.31. The summed E-state index contributed by atoms with van der Waals surface area (Å²) in [5, 5.41) is 37.3. The molecule has 3 aromatic carbocycles. The molecule has 5 aromatic heterocycles. The van der Waals surface area contributed by atoms with Crippen molar-refractivity contribution in [1.82, 2.24) is 9.97 Å². The second kappa shape index (κ2) is 15.1. The second-order valence-electron chi connectivity index (χ2n) is 11.8. The number of nitrogens with zero attached hydrogens (tertiary/aromatic N) is 6. The highest BCUT2D eigenvalue weighted by Crippen LogP contribution is 2.42. The normalized spacial score (nSPS) is 11.5. The average molecular weight is 763 g/mol. The van der Waals surface area contributed by atoms with E-state index in [1.807, 2.05) is 84.9 Å². The molecule has 0 saturated heterocycles. The van der Waals surface area contributed by atoms with Gasteiger partial charge in [0.05, 0.1) is 31.5 Å². The van der Waals surface area contributed by atoms with Gasteiger partial charge < -0.3 is 0 Å². The molecule has 8 rings (SSSR count). The van der Waals surface area contributed by atoms with Gasteiger partial charge in [-0.05, 0) is 60.7 Å². The average Bonchev–Trinajstić information content (AvgIpc) is 4.06. The Kier molecular flexibility index (Phi) is 9.58. The number of rotatable bonds is 6. The van der Waals surface area contributed by atoms with Crippen molar-refractivity contribution in [3.63, 3.8) is 0 Å². The summed E-state index contributed by atoms with van der Waals surface area (Å²) in [6, 6.07) is 48.3. The first-order chi connectivity index (χ1) is 26.5. The highest BCUT2D eigenvalue weighted by atomic mass is 32.1. The van der Waals surface area contributed by atoms with Gasteiger partial charge in [-0.15, -0.1) is 45.3 Å². The molecule has 10 heteroatoms. The van der Waals surface area contributed by atoms with E-state index in [0.29, 0.717) is 9.06 Å². The zero-order valence-corrected chi connectivity index (χ0v) is 31.3. The first kappa shape index (κ1) is 34.3. The predicted molar refractivity (Wildman–Crippen MR) is 221 cm³/mol. The van der Waals surface area contributed by atoms with Crippen molar-refractivity contribution in [1.29, 1.82) is 21.0 Å². The number of benzene rings is 3. The van der Waals surface area contributed by atoms with E-state index in [2.05, 4.69) is 72.8 Å². The number of hydrogen-bond donors (Lipinski definition) is 0. The fourth-order valence-corrected chi connectivity index (χ4v) is 9.89. The van der Waals surface area contributed by atoms with Crippen molar-refractivity contribution in [2.45, 2.75) is 0 Å². The molecule has 0 aliphatic heterocycles. The summed E-state index contributed by atoms with van der Waals surface area (Å²) in [4.78, 5) is 15.0. The maximum atomic E-state index is 9.31. The van der Waals surface area contributed by atoms with Crippen LogP contribution in [-0.2, 0) is 0 Å². The highest BCUT2D eigenvalue weighted by molar-refractivity contribution is 7.17. The predicted octanol–water partition coefficient (Wildman–Crippen LogP) is 8.60. The van der Waals surface area contributed by atoms with Crippen LogP contribution in [0.5, 0.6) is 0 Å². The van der Waals surface area contributed by atoms with Crippen molar-refractivity contribution in [2.24, 2.45) is 0 Å². The quantitative estimate of drug-likeness (QED) is 0.167. The second-order valence-corrected chi connectivity index (χ2v) is 16.3. The van der Waals surface area contributed by atoms with E-state index in [0.717, 1.165) is 73.2 Å². The van der Waals surface area contributed by atoms with Gasteiger partial charge in [-0.3, -0.25) is 0 Å². The van der Waals surface area contributed by atoms with E-state index < -0.39 is 0 Å². The maximum Gasteiger partial charge on any atom is 0.146 e. The summed E-state index contributed by atoms with van der Waals surface area (Å²) in [7, 11) is 0. The number of fused-ring (bicyclic) bond motifs is 1. The molecule has 0 spiro atoms. The molecule has 6 nitrogen and oxygen atoms in total. The van der Waals surface area contributed by atoms with Crippen LogP contribution in [-0.4, -0.2) is 9.97 Å². The van der Waals surface area contributed by atoms with E-state index in [1.165, 1.54) is 22.7 Å². The first-order valence-corrected chi connectivity index (χ1v) is 19.7. The van der Waals surface area contributed by atoms with Crippen LogP contribution in [0.2, 0.25) is 0 Å². The lowest BCUT2D eigenvalue weighted by Crippen LogP contribution is -1.98. The summed E-state index contributed by atoms with van der Waals surface area (Å²) in [6.45, 7) is 0. The SMILES string of the molecule is N#CC(C#N)=c1cc/c(=C/c2ccc(-c3ccc(-c4ccc(/C=c5/ccc(=C(C#N)C#N)s5)s4)c4nc(-c5ccccc5)c(-c5ccccc5)nc34)s2)s1. The summed E-state index contributed by atoms with van der Waals surface area (Å²) in [5.74, 6) is 0. The molecule has 252 valence electrons. The molecule has 54 heavy (non-hydrogen) atoms. The molecule has 0 aliphatic rings. The maximum absolute atomic E-state index is 9.31. The number of nitriles is 4. The van der Waals surface area contributed by atoms with Crippen LogP contribution in [0.3, 0.4) is 0 Å². The van der Waals surface area contributed by atoms with Gasteiger partial charge in [-0.25, -0.2) is 9.97 Å². The molecule has 0 radical (unpaired) electrons. The van der Waals surface area contributed by atoms with Gasteiger partial charge in [0.25, 0.3) is 0 Å². The van der Waals surface area contributed by atoms with Gasteiger partial charge in [0, 0.05) is 50.8 Å². The zero-order valence-electron chi connectivity index (χ0n) is 28.0. The molecule has 0 bridgehead atoms. The number of aromatic nitrogens is 2. The summed E-state index contributed by atoms with van der Waals surface area (Å²) in [5.41, 5.74) is 7.27. The van der Waals surface area contributed by atoms with Gasteiger partial charge in [-0.2, -0.15) is 21.0 Å². The Hall–Kier alpha value is -6.76. The molecule has 0 atom stereocenters. The molecule has 0 unspecified atom stereocenters. The third-order valence-corrected chi connectivity index (χ3v) is 12.7. The Morgan fingerprint density at radius 1 is 0.444 bits per heavy atom. The zero-order chi connectivity index (χ0) is 37.0. The summed E-state index contributed by atoms with van der Waals surface area (Å²) in [6.07, 6.45) is 4.14. The monoisotopic (exact) mass is 762 g/mol. The fourth-order valence-electron chi connectivity index (χ4n) is 5.96. The molecular formula is C44H22N6S4. The first-order valence-electron chi connectivity index (χ1n) is 16.5. The van der Waals surface area contributed by atoms with E-state index in [1.54, 1.807) is 22.7 Å². The van der Waals surface area contributed by atoms with E-state index in [9.17, 15) is 21.0 Å². The van der Waals surface area contributed by atoms with Crippen LogP contribution in [0.4, 0.5) is 0 Å². The van der Waals surface area contributed by atoms with Crippen LogP contribution in [0.1, 0.15) is 9.75 Å². The Morgan fingerprint density at radius 3 is 1.24 bits per heavy atom. The van der Waals surface area contributed by atoms with Gasteiger partial charge >= 0.3 is 0 Å². The molecule has 0 amide bonds. The lowest BCUT2D eigenvalue weighted by atomic mass is 10.0. The van der Waals surface area contributed by atoms with Crippen LogP contribution in [0.15, 0.2) is 121 Å². The van der Waals surface area contributed by atoms with E-state index >= 15 is 0 Å². The van der Waals surface area contributed by atoms with E-state index in [4.69, 9.17) is 9.97 Å². The van der Waals surface area contributed by atoms with Crippen molar-refractivity contribution >= 4 is 79.7 Å². The third-order valence-electron chi connectivity index (χ3n) is 8.46. The van der Waals surface area contributed by atoms with Gasteiger partial charge in [-0.1, -0.05) is 72.8 Å². The number of hydrogen-bond acceptors (Lipinski definition) is 10. The number of thiophene rings is 4. The molecule has 0 saturated carbocycles. The summed E-state index contributed by atoms with van der Waals surface area (Å²) < 4.78 is 3.22. The molecular weight excluding hydrogens is 741 g/mol. The minimum atomic E-state index is 0.112. The lowest BCUT2D eigenvalue weighted by Gasteiger charge is -2.14. The van der Waals surface area contributed by atoms with E-state index in [-0.39, 0.29) is 11.1 Å². The van der Waals surface area contributed by atoms with Crippen LogP contribution in [0, 0.1) is 45.3 Å². The molecule has 0 fully saturated rings. The smallest absolute Gasteiger partial charge is 0.146 e. The topological polar surface area (TPSA) is 121 Å². The minimum absolute atomic E-state index is 0.112. The molecule has 8 aromatic rings. The standard InChI is InChI=1S/C44H22N6S4/c45-23-29(24-46)37-17-11-31(51-37)21-33-13-19-39(53-33)35-15-16-36(40-20-14-34(54-40)22-32-12-18-38(52-32)30(25-47)26-48)44-43(35)49-41(27-7-3-1-4-8-27)42(50-44)28-9-5-2-6-10-28/h1-22H/b31-21-,32-22-. The molecule has 0 N–H and O–H groups in total. The van der Waals surface area contributed by atoms with Gasteiger partial charge in [0.2, 0.25) is 0 Å². The van der Waals surface area contributed by atoms with Crippen LogP contribution < -0.4 is 18.1 Å². The minimum Gasteiger partial charge on any atom is -0.243 e. The van der Waals surface area contributed by atoms with Crippen LogP contribution >= 0.6 is 45.3 Å². The van der Waals surface area contributed by atoms with Gasteiger partial charge in [0.15, 0.2) is 0 Å². The largest absolute Gasteiger partial charge is 0.243 e. The Bertz CT molecular complexity index is 2910. The highest BCUT2D eigenvalue weighted by Gasteiger charge is 2.20. The Morgan fingerprint density at radius 2 is 0.852 bits per heavy atom. The fraction of sp³-hybridized carbons (Fsp3) is 0. The third kappa shape index (κ3) is 6.78.